The molecule has 4 atom stereocenters. The number of ketones is 1. The van der Waals surface area contributed by atoms with Crippen molar-refractivity contribution in [3.8, 4) is 5.75 Å². The largest absolute Gasteiger partial charge is 0.508 e. The van der Waals surface area contributed by atoms with Gasteiger partial charge in [-0.25, -0.2) is 4.57 Å². The number of Topliss-reactive ketones (excluding diaryl/α,β-unsaturated/α-hetero) is 1. The molecule has 3 aliphatic carbocycles. The van der Waals surface area contributed by atoms with Gasteiger partial charge in [-0.2, -0.15) is 0 Å². The zero-order chi connectivity index (χ0) is 18.4. The highest BCUT2D eigenvalue weighted by Gasteiger charge is 2.54. The lowest BCUT2D eigenvalue weighted by atomic mass is 9.55. The van der Waals surface area contributed by atoms with Crippen molar-refractivity contribution < 1.29 is 29.1 Å². The van der Waals surface area contributed by atoms with Crippen molar-refractivity contribution in [3.05, 3.63) is 29.3 Å². The first-order valence-corrected chi connectivity index (χ1v) is 10.3. The van der Waals surface area contributed by atoms with Gasteiger partial charge in [0.05, 0.1) is 0 Å². The first kappa shape index (κ1) is 21.4. The number of rotatable bonds is 0. The minimum Gasteiger partial charge on any atom is -0.508 e. The summed E-state index contributed by atoms with van der Waals surface area (Å²) in [7, 11) is -4.64. The number of halogens is 1. The molecule has 26 heavy (non-hydrogen) atoms. The maximum Gasteiger partial charge on any atom is 0.466 e. The lowest BCUT2D eigenvalue weighted by Gasteiger charge is -2.48. The van der Waals surface area contributed by atoms with Crippen molar-refractivity contribution in [3.63, 3.8) is 0 Å². The molecule has 0 spiro atoms. The van der Waals surface area contributed by atoms with Crippen LogP contribution in [-0.4, -0.2) is 25.6 Å². The molecule has 0 amide bonds. The van der Waals surface area contributed by atoms with Crippen molar-refractivity contribution in [2.75, 3.05) is 0 Å². The van der Waals surface area contributed by atoms with Gasteiger partial charge in [-0.3, -0.25) is 4.79 Å². The Bertz CT molecular complexity index is 724. The van der Waals surface area contributed by atoms with Crippen LogP contribution in [0.15, 0.2) is 18.2 Å². The minimum atomic E-state index is -4.64. The maximum atomic E-state index is 12.3. The Morgan fingerprint density at radius 3 is 2.42 bits per heavy atom. The molecular formula is C18H26ClO6P. The Morgan fingerprint density at radius 2 is 1.77 bits per heavy atom. The number of carbonyl (C=O) groups excluding carboxylic acids is 1. The number of phosphoric acid groups is 1. The fraction of sp³-hybridized carbons (Fsp3) is 0.611. The highest BCUT2D eigenvalue weighted by Crippen LogP contribution is 2.59. The van der Waals surface area contributed by atoms with Crippen molar-refractivity contribution in [1.29, 1.82) is 0 Å². The Kier molecular flexibility index (Phi) is 6.26. The van der Waals surface area contributed by atoms with E-state index in [1.807, 2.05) is 12.1 Å². The minimum absolute atomic E-state index is 0. The molecule has 0 aromatic heterocycles. The predicted octanol–water partition coefficient (Wildman–Crippen LogP) is 3.31. The number of hydrogen-bond acceptors (Lipinski definition) is 3. The van der Waals surface area contributed by atoms with E-state index in [1.54, 1.807) is 0 Å². The lowest BCUT2D eigenvalue weighted by Crippen LogP contribution is -2.42. The van der Waals surface area contributed by atoms with Gasteiger partial charge in [0.2, 0.25) is 0 Å². The topological polar surface area (TPSA) is 115 Å². The molecule has 3 aliphatic rings. The van der Waals surface area contributed by atoms with Crippen LogP contribution in [-0.2, 0) is 15.8 Å². The molecule has 0 saturated heterocycles. The summed E-state index contributed by atoms with van der Waals surface area (Å²) in [4.78, 5) is 33.8. The van der Waals surface area contributed by atoms with Gasteiger partial charge in [-0.15, -0.1) is 12.4 Å². The highest BCUT2D eigenvalue weighted by molar-refractivity contribution is 7.45. The number of hydrogen-bond donors (Lipinski definition) is 4. The Balaban J connectivity index is 0.000000362. The summed E-state index contributed by atoms with van der Waals surface area (Å²) in [5.41, 5.74) is 2.75. The standard InChI is InChI=1S/C18H22O2.ClH.H3O4P/c1-18-9-8-14-13-5-3-12(19)10-11(13)2-4-15(14)16(18)6-7-17(18)20;;1-5(2,3)4/h3,5,10,14-16,19H,2,4,6-9H2,1H3;1H;(H3,1,2,3,4)/t14-,15-,16+,18+;;/m1../s1. The molecule has 0 unspecified atom stereocenters. The van der Waals surface area contributed by atoms with Gasteiger partial charge in [0.15, 0.2) is 0 Å². The molecule has 1 aromatic carbocycles. The fourth-order valence-corrected chi connectivity index (χ4v) is 5.34. The molecule has 4 rings (SSSR count). The second-order valence-electron chi connectivity index (χ2n) is 7.73. The molecular weight excluding hydrogens is 379 g/mol. The van der Waals surface area contributed by atoms with Gasteiger partial charge in [0, 0.05) is 11.8 Å². The maximum absolute atomic E-state index is 12.3. The SMILES string of the molecule is C[C@]12CC[C@@H]3c4ccc(O)cc4CC[C@H]3[C@@H]1CCC2=O.Cl.O=P(O)(O)O. The third-order valence-electron chi connectivity index (χ3n) is 6.42. The average Bonchev–Trinajstić information content (AvgIpc) is 2.81. The van der Waals surface area contributed by atoms with Crippen molar-refractivity contribution in [1.82, 2.24) is 0 Å². The second kappa shape index (κ2) is 7.61. The molecule has 146 valence electrons. The van der Waals surface area contributed by atoms with Crippen molar-refractivity contribution in [2.24, 2.45) is 17.3 Å². The van der Waals surface area contributed by atoms with E-state index in [-0.39, 0.29) is 17.8 Å². The first-order valence-electron chi connectivity index (χ1n) is 8.73. The molecule has 1 aromatic rings. The van der Waals surface area contributed by atoms with E-state index < -0.39 is 7.82 Å². The zero-order valence-corrected chi connectivity index (χ0v) is 16.4. The second-order valence-corrected chi connectivity index (χ2v) is 8.76. The van der Waals surface area contributed by atoms with Crippen LogP contribution in [0.5, 0.6) is 5.75 Å². The Morgan fingerprint density at radius 1 is 1.12 bits per heavy atom. The quantitative estimate of drug-likeness (QED) is 0.493. The molecule has 0 aliphatic heterocycles. The van der Waals surface area contributed by atoms with Gasteiger partial charge >= 0.3 is 7.82 Å². The number of phenols is 1. The van der Waals surface area contributed by atoms with Crippen molar-refractivity contribution >= 4 is 26.0 Å². The molecule has 8 heteroatoms. The van der Waals surface area contributed by atoms with E-state index in [0.717, 1.165) is 32.1 Å². The normalized spacial score (nSPS) is 32.3. The van der Waals surface area contributed by atoms with Crippen LogP contribution in [0.1, 0.15) is 56.1 Å². The predicted molar refractivity (Wildman–Crippen MR) is 99.2 cm³/mol. The third-order valence-corrected chi connectivity index (χ3v) is 6.42. The van der Waals surface area contributed by atoms with Crippen LogP contribution in [0.25, 0.3) is 0 Å². The number of carbonyl (C=O) groups is 1. The molecule has 6 nitrogen and oxygen atoms in total. The van der Waals surface area contributed by atoms with Crippen molar-refractivity contribution in [2.45, 2.75) is 51.4 Å². The molecule has 2 fully saturated rings. The molecule has 0 radical (unpaired) electrons. The Hall–Kier alpha value is -0.910. The van der Waals surface area contributed by atoms with Crippen LogP contribution in [0.4, 0.5) is 0 Å². The number of aryl methyl sites for hydroxylation is 1. The average molecular weight is 405 g/mol. The number of phenolic OH excluding ortho intramolecular Hbond substituents is 1. The summed E-state index contributed by atoms with van der Waals surface area (Å²) >= 11 is 0. The van der Waals surface area contributed by atoms with E-state index >= 15 is 0 Å². The van der Waals surface area contributed by atoms with E-state index in [9.17, 15) is 9.90 Å². The lowest BCUT2D eigenvalue weighted by molar-refractivity contribution is -0.129. The van der Waals surface area contributed by atoms with E-state index in [4.69, 9.17) is 19.2 Å². The number of benzene rings is 1. The summed E-state index contributed by atoms with van der Waals surface area (Å²) in [6.45, 7) is 2.22. The number of fused-ring (bicyclic) bond motifs is 5. The summed E-state index contributed by atoms with van der Waals surface area (Å²) < 4.78 is 8.88. The smallest absolute Gasteiger partial charge is 0.466 e. The highest BCUT2D eigenvalue weighted by atomic mass is 35.5. The fourth-order valence-electron chi connectivity index (χ4n) is 5.34. The van der Waals surface area contributed by atoms with Gasteiger partial charge in [-0.05, 0) is 73.1 Å². The van der Waals surface area contributed by atoms with Gasteiger partial charge in [-0.1, -0.05) is 13.0 Å². The van der Waals surface area contributed by atoms with E-state index in [2.05, 4.69) is 13.0 Å². The molecule has 4 N–H and O–H groups in total. The summed E-state index contributed by atoms with van der Waals surface area (Å²) in [5, 5.41) is 9.67. The summed E-state index contributed by atoms with van der Waals surface area (Å²) in [6.07, 6.45) is 6.34. The van der Waals surface area contributed by atoms with Crippen LogP contribution in [0.3, 0.4) is 0 Å². The van der Waals surface area contributed by atoms with Crippen LogP contribution in [0.2, 0.25) is 0 Å². The Labute approximate surface area is 159 Å². The van der Waals surface area contributed by atoms with Gasteiger partial charge in [0.25, 0.3) is 0 Å². The van der Waals surface area contributed by atoms with Crippen LogP contribution in [0, 0.1) is 17.3 Å². The van der Waals surface area contributed by atoms with Gasteiger partial charge < -0.3 is 19.8 Å². The molecule has 0 bridgehead atoms. The summed E-state index contributed by atoms with van der Waals surface area (Å²) in [5.74, 6) is 2.78. The number of aromatic hydroxyl groups is 1. The monoisotopic (exact) mass is 404 g/mol. The van der Waals surface area contributed by atoms with Crippen LogP contribution >= 0.6 is 20.2 Å². The van der Waals surface area contributed by atoms with E-state index in [0.29, 0.717) is 29.3 Å². The van der Waals surface area contributed by atoms with E-state index in [1.165, 1.54) is 17.5 Å². The molecule has 2 saturated carbocycles. The van der Waals surface area contributed by atoms with Gasteiger partial charge in [0.1, 0.15) is 11.5 Å². The third kappa shape index (κ3) is 4.15. The summed E-state index contributed by atoms with van der Waals surface area (Å²) in [6, 6.07) is 5.90. The first-order chi connectivity index (χ1) is 11.6. The molecule has 0 heterocycles. The van der Waals surface area contributed by atoms with Crippen LogP contribution < -0.4 is 0 Å². The zero-order valence-electron chi connectivity index (χ0n) is 14.7.